The van der Waals surface area contributed by atoms with E-state index in [1.807, 2.05) is 0 Å². The van der Waals surface area contributed by atoms with Gasteiger partial charge in [0, 0.05) is 24.3 Å². The molecule has 2 aromatic heterocycles. The van der Waals surface area contributed by atoms with Gasteiger partial charge in [0.25, 0.3) is 5.91 Å². The summed E-state index contributed by atoms with van der Waals surface area (Å²) in [6.07, 6.45) is 6.53. The Kier molecular flexibility index (Phi) is 5.96. The minimum absolute atomic E-state index is 0.0643. The van der Waals surface area contributed by atoms with E-state index in [0.717, 1.165) is 12.8 Å². The fourth-order valence-electron chi connectivity index (χ4n) is 1.65. The molecule has 0 aliphatic carbocycles. The highest BCUT2D eigenvalue weighted by Gasteiger charge is 2.11. The van der Waals surface area contributed by atoms with Gasteiger partial charge in [0.1, 0.15) is 5.69 Å². The molecule has 8 heteroatoms. The highest BCUT2D eigenvalue weighted by Crippen LogP contribution is 2.16. The normalized spacial score (nSPS) is 10.2. The Morgan fingerprint density at radius 2 is 2.18 bits per heavy atom. The quantitative estimate of drug-likeness (QED) is 0.756. The zero-order valence-electron chi connectivity index (χ0n) is 12.2. The second kappa shape index (κ2) is 8.18. The molecule has 0 unspecified atom stereocenters. The number of nitrogens with zero attached hydrogens (tertiary/aromatic N) is 3. The van der Waals surface area contributed by atoms with Crippen LogP contribution >= 0.6 is 11.3 Å². The molecule has 0 bridgehead atoms. The van der Waals surface area contributed by atoms with E-state index in [4.69, 9.17) is 0 Å². The molecule has 0 aliphatic heterocycles. The molecule has 22 heavy (non-hydrogen) atoms. The largest absolute Gasteiger partial charge is 0.356 e. The Balaban J connectivity index is 1.86. The van der Waals surface area contributed by atoms with Gasteiger partial charge < -0.3 is 5.32 Å². The van der Waals surface area contributed by atoms with Gasteiger partial charge in [0.2, 0.25) is 5.91 Å². The number of carbonyl (C=O) groups excluding carboxylic acids is 2. The molecule has 0 aromatic carbocycles. The number of rotatable bonds is 7. The third-order valence-electron chi connectivity index (χ3n) is 2.76. The number of hydrogen-bond donors (Lipinski definition) is 2. The second-order valence-corrected chi connectivity index (χ2v) is 5.43. The van der Waals surface area contributed by atoms with Crippen LogP contribution in [0.15, 0.2) is 24.0 Å². The lowest BCUT2D eigenvalue weighted by Gasteiger charge is -2.02. The maximum absolute atomic E-state index is 11.9. The zero-order valence-corrected chi connectivity index (χ0v) is 13.0. The first-order valence-corrected chi connectivity index (χ1v) is 7.85. The van der Waals surface area contributed by atoms with Gasteiger partial charge in [-0.3, -0.25) is 19.9 Å². The van der Waals surface area contributed by atoms with Crippen LogP contribution < -0.4 is 10.6 Å². The van der Waals surface area contributed by atoms with E-state index >= 15 is 0 Å². The van der Waals surface area contributed by atoms with Crippen LogP contribution in [0.25, 0.3) is 0 Å². The van der Waals surface area contributed by atoms with E-state index in [1.54, 1.807) is 5.38 Å². The molecular weight excluding hydrogens is 302 g/mol. The van der Waals surface area contributed by atoms with E-state index < -0.39 is 0 Å². The fourth-order valence-corrected chi connectivity index (χ4v) is 2.36. The van der Waals surface area contributed by atoms with Crippen LogP contribution in [0.2, 0.25) is 0 Å². The third kappa shape index (κ3) is 4.88. The summed E-state index contributed by atoms with van der Waals surface area (Å²) in [6.45, 7) is 2.74. The smallest absolute Gasteiger partial charge is 0.277 e. The Bertz CT molecular complexity index is 629. The Hall–Kier alpha value is -2.35. The average Bonchev–Trinajstić information content (AvgIpc) is 2.95. The summed E-state index contributed by atoms with van der Waals surface area (Å²) in [6, 6.07) is 0. The van der Waals surface area contributed by atoms with Gasteiger partial charge in [-0.2, -0.15) is 0 Å². The highest BCUT2D eigenvalue weighted by molar-refractivity contribution is 7.14. The molecule has 0 atom stereocenters. The first kappa shape index (κ1) is 16.0. The van der Waals surface area contributed by atoms with Gasteiger partial charge in [-0.25, -0.2) is 9.97 Å². The lowest BCUT2D eigenvalue weighted by Crippen LogP contribution is -2.26. The van der Waals surface area contributed by atoms with E-state index in [9.17, 15) is 9.59 Å². The van der Waals surface area contributed by atoms with Crippen molar-refractivity contribution in [2.45, 2.75) is 26.2 Å². The van der Waals surface area contributed by atoms with Gasteiger partial charge in [-0.05, 0) is 6.42 Å². The number of aromatic nitrogens is 3. The molecule has 116 valence electrons. The van der Waals surface area contributed by atoms with Crippen molar-refractivity contribution in [2.24, 2.45) is 0 Å². The monoisotopic (exact) mass is 319 g/mol. The molecule has 0 spiro atoms. The second-order valence-electron chi connectivity index (χ2n) is 4.57. The Morgan fingerprint density at radius 3 is 2.91 bits per heavy atom. The fraction of sp³-hybridized carbons (Fsp3) is 0.357. The van der Waals surface area contributed by atoms with Crippen molar-refractivity contribution >= 4 is 28.3 Å². The molecule has 2 aromatic rings. The first-order chi connectivity index (χ1) is 10.7. The van der Waals surface area contributed by atoms with Crippen molar-refractivity contribution in [3.8, 4) is 0 Å². The molecule has 0 aliphatic rings. The SMILES string of the molecule is CCCCNC(=O)Cc1csc(NC(=O)c2cnccn2)n1. The molecule has 2 heterocycles. The average molecular weight is 319 g/mol. The predicted octanol–water partition coefficient (Wildman–Crippen LogP) is 1.64. The number of nitrogens with one attached hydrogen (secondary N) is 2. The van der Waals surface area contributed by atoms with Crippen LogP contribution in [0, 0.1) is 0 Å². The summed E-state index contributed by atoms with van der Waals surface area (Å²) >= 11 is 1.27. The van der Waals surface area contributed by atoms with Crippen molar-refractivity contribution in [3.05, 3.63) is 35.4 Å². The summed E-state index contributed by atoms with van der Waals surface area (Å²) in [5, 5.41) is 7.66. The topological polar surface area (TPSA) is 96.9 Å². The Morgan fingerprint density at radius 1 is 1.32 bits per heavy atom. The molecule has 0 saturated carbocycles. The van der Waals surface area contributed by atoms with Crippen LogP contribution in [0.1, 0.15) is 35.9 Å². The molecule has 2 rings (SSSR count). The number of carbonyl (C=O) groups is 2. The van der Waals surface area contributed by atoms with Gasteiger partial charge in [-0.1, -0.05) is 13.3 Å². The highest BCUT2D eigenvalue weighted by atomic mass is 32.1. The molecular formula is C14H17N5O2S. The van der Waals surface area contributed by atoms with Crippen LogP contribution in [0.3, 0.4) is 0 Å². The molecule has 0 radical (unpaired) electrons. The van der Waals surface area contributed by atoms with Gasteiger partial charge in [-0.15, -0.1) is 11.3 Å². The van der Waals surface area contributed by atoms with E-state index in [1.165, 1.54) is 29.9 Å². The third-order valence-corrected chi connectivity index (χ3v) is 3.57. The number of thiazole rings is 1. The lowest BCUT2D eigenvalue weighted by molar-refractivity contribution is -0.120. The van der Waals surface area contributed by atoms with Crippen molar-refractivity contribution in [1.82, 2.24) is 20.3 Å². The standard InChI is InChI=1S/C14H17N5O2S/c1-2-3-4-17-12(20)7-10-9-22-14(18-10)19-13(21)11-8-15-5-6-16-11/h5-6,8-9H,2-4,7H2,1H3,(H,17,20)(H,18,19,21). The molecule has 7 nitrogen and oxygen atoms in total. The van der Waals surface area contributed by atoms with Crippen molar-refractivity contribution in [2.75, 3.05) is 11.9 Å². The number of anilines is 1. The maximum Gasteiger partial charge on any atom is 0.277 e. The van der Waals surface area contributed by atoms with Crippen LogP contribution in [-0.4, -0.2) is 33.3 Å². The number of unbranched alkanes of at least 4 members (excludes halogenated alkanes) is 1. The van der Waals surface area contributed by atoms with Gasteiger partial charge in [0.05, 0.1) is 18.3 Å². The summed E-state index contributed by atoms with van der Waals surface area (Å²) in [4.78, 5) is 35.5. The maximum atomic E-state index is 11.9. The minimum atomic E-state index is -0.374. The zero-order chi connectivity index (χ0) is 15.8. The lowest BCUT2D eigenvalue weighted by atomic mass is 10.3. The first-order valence-electron chi connectivity index (χ1n) is 6.97. The van der Waals surface area contributed by atoms with Crippen molar-refractivity contribution in [3.63, 3.8) is 0 Å². The molecule has 0 fully saturated rings. The minimum Gasteiger partial charge on any atom is -0.356 e. The molecule has 0 saturated heterocycles. The van der Waals surface area contributed by atoms with Crippen LogP contribution in [0.5, 0.6) is 0 Å². The van der Waals surface area contributed by atoms with Crippen LogP contribution in [0.4, 0.5) is 5.13 Å². The summed E-state index contributed by atoms with van der Waals surface area (Å²) in [7, 11) is 0. The summed E-state index contributed by atoms with van der Waals surface area (Å²) < 4.78 is 0. The van der Waals surface area contributed by atoms with E-state index in [0.29, 0.717) is 17.4 Å². The molecule has 2 amide bonds. The predicted molar refractivity (Wildman–Crippen MR) is 83.7 cm³/mol. The summed E-state index contributed by atoms with van der Waals surface area (Å²) in [5.74, 6) is -0.438. The summed E-state index contributed by atoms with van der Waals surface area (Å²) in [5.41, 5.74) is 0.852. The van der Waals surface area contributed by atoms with Gasteiger partial charge in [0.15, 0.2) is 5.13 Å². The number of hydrogen-bond acceptors (Lipinski definition) is 6. The number of amides is 2. The van der Waals surface area contributed by atoms with Gasteiger partial charge >= 0.3 is 0 Å². The molecule has 2 N–H and O–H groups in total. The van der Waals surface area contributed by atoms with Crippen molar-refractivity contribution in [1.29, 1.82) is 0 Å². The van der Waals surface area contributed by atoms with Crippen LogP contribution in [-0.2, 0) is 11.2 Å². The van der Waals surface area contributed by atoms with E-state index in [2.05, 4.69) is 32.5 Å². The Labute approximate surface area is 132 Å². The van der Waals surface area contributed by atoms with Crippen molar-refractivity contribution < 1.29 is 9.59 Å². The van der Waals surface area contributed by atoms with E-state index in [-0.39, 0.29) is 23.9 Å².